The molecule has 1 aromatic heterocycles. The number of hydrogen-bond donors (Lipinski definition) is 1. The molecule has 1 aliphatic heterocycles. The quantitative estimate of drug-likeness (QED) is 0.869. The van der Waals surface area contributed by atoms with E-state index in [9.17, 15) is 0 Å². The van der Waals surface area contributed by atoms with Crippen molar-refractivity contribution >= 4 is 37.5 Å². The fourth-order valence-corrected chi connectivity index (χ4v) is 2.62. The third-order valence-electron chi connectivity index (χ3n) is 2.85. The van der Waals surface area contributed by atoms with Crippen molar-refractivity contribution in [3.05, 3.63) is 44.7 Å². The van der Waals surface area contributed by atoms with Crippen molar-refractivity contribution in [3.63, 3.8) is 0 Å². The summed E-state index contributed by atoms with van der Waals surface area (Å²) in [5.74, 6) is 1.88. The van der Waals surface area contributed by atoms with Gasteiger partial charge in [0.2, 0.25) is 0 Å². The number of furan rings is 1. The van der Waals surface area contributed by atoms with Gasteiger partial charge in [-0.05, 0) is 61.7 Å². The predicted octanol–water partition coefficient (Wildman–Crippen LogP) is 4.35. The van der Waals surface area contributed by atoms with E-state index in [1.165, 1.54) is 5.56 Å². The summed E-state index contributed by atoms with van der Waals surface area (Å²) in [6.45, 7) is 1.45. The van der Waals surface area contributed by atoms with Crippen molar-refractivity contribution in [2.24, 2.45) is 0 Å². The Balaban J connectivity index is 1.70. The molecule has 1 aliphatic rings. The molecular weight excluding hydrogens is 362 g/mol. The average molecular weight is 373 g/mol. The van der Waals surface area contributed by atoms with Crippen molar-refractivity contribution in [2.45, 2.75) is 13.0 Å². The molecule has 0 unspecified atom stereocenters. The van der Waals surface area contributed by atoms with Crippen LogP contribution in [-0.4, -0.2) is 6.61 Å². The van der Waals surface area contributed by atoms with Gasteiger partial charge >= 0.3 is 0 Å². The molecule has 0 atom stereocenters. The lowest BCUT2D eigenvalue weighted by molar-refractivity contribution is 0.357. The number of anilines is 1. The second-order valence-electron chi connectivity index (χ2n) is 4.11. The third-order valence-corrected chi connectivity index (χ3v) is 4.56. The molecule has 94 valence electrons. The maximum Gasteiger partial charge on any atom is 0.183 e. The first-order chi connectivity index (χ1) is 8.72. The number of nitrogens with one attached hydrogen (secondary N) is 1. The Bertz CT molecular complexity index is 561. The van der Waals surface area contributed by atoms with Crippen LogP contribution in [0.1, 0.15) is 11.3 Å². The molecule has 2 heterocycles. The van der Waals surface area contributed by atoms with E-state index in [4.69, 9.17) is 9.15 Å². The van der Waals surface area contributed by atoms with E-state index in [1.54, 1.807) is 0 Å². The molecular formula is C13H11Br2NO2. The second kappa shape index (κ2) is 4.97. The van der Waals surface area contributed by atoms with Gasteiger partial charge in [-0.3, -0.25) is 0 Å². The summed E-state index contributed by atoms with van der Waals surface area (Å²) >= 11 is 6.72. The molecule has 0 saturated carbocycles. The lowest BCUT2D eigenvalue weighted by Gasteiger charge is -2.06. The monoisotopic (exact) mass is 371 g/mol. The Hall–Kier alpha value is -0.940. The second-order valence-corrected chi connectivity index (χ2v) is 5.68. The summed E-state index contributed by atoms with van der Waals surface area (Å²) in [5.41, 5.74) is 2.35. The minimum Gasteiger partial charge on any atom is -0.493 e. The molecule has 0 bridgehead atoms. The molecule has 2 aromatic rings. The van der Waals surface area contributed by atoms with Crippen LogP contribution in [0.15, 0.2) is 37.8 Å². The molecule has 0 fully saturated rings. The van der Waals surface area contributed by atoms with E-state index in [1.807, 2.05) is 18.2 Å². The van der Waals surface area contributed by atoms with E-state index >= 15 is 0 Å². The van der Waals surface area contributed by atoms with Gasteiger partial charge in [0.25, 0.3) is 0 Å². The van der Waals surface area contributed by atoms with E-state index in [-0.39, 0.29) is 0 Å². The van der Waals surface area contributed by atoms with Gasteiger partial charge in [0.05, 0.1) is 17.6 Å². The molecule has 5 heteroatoms. The highest BCUT2D eigenvalue weighted by molar-refractivity contribution is 9.13. The summed E-state index contributed by atoms with van der Waals surface area (Å²) in [6, 6.07) is 8.12. The van der Waals surface area contributed by atoms with E-state index < -0.39 is 0 Å². The molecule has 0 amide bonds. The SMILES string of the molecule is Brc1cc(CNc2ccc3c(c2)CCO3)oc1Br. The first-order valence-electron chi connectivity index (χ1n) is 5.66. The fraction of sp³-hybridized carbons (Fsp3) is 0.231. The highest BCUT2D eigenvalue weighted by Gasteiger charge is 2.12. The topological polar surface area (TPSA) is 34.4 Å². The minimum absolute atomic E-state index is 0.657. The third kappa shape index (κ3) is 2.42. The number of benzene rings is 1. The predicted molar refractivity (Wildman–Crippen MR) is 77.1 cm³/mol. The Morgan fingerprint density at radius 2 is 2.11 bits per heavy atom. The number of rotatable bonds is 3. The maximum atomic E-state index is 5.51. The van der Waals surface area contributed by atoms with E-state index in [0.29, 0.717) is 6.54 Å². The lowest BCUT2D eigenvalue weighted by Crippen LogP contribution is -1.98. The van der Waals surface area contributed by atoms with Crippen LogP contribution in [0.4, 0.5) is 5.69 Å². The Kier molecular flexibility index (Phi) is 3.35. The van der Waals surface area contributed by atoms with Crippen molar-refractivity contribution in [2.75, 3.05) is 11.9 Å². The van der Waals surface area contributed by atoms with Crippen LogP contribution in [0.3, 0.4) is 0 Å². The summed E-state index contributed by atoms with van der Waals surface area (Å²) in [5, 5.41) is 3.34. The zero-order chi connectivity index (χ0) is 12.5. The normalized spacial score (nSPS) is 13.2. The highest BCUT2D eigenvalue weighted by atomic mass is 79.9. The molecule has 18 heavy (non-hydrogen) atoms. The van der Waals surface area contributed by atoms with Crippen molar-refractivity contribution in [1.29, 1.82) is 0 Å². The zero-order valence-corrected chi connectivity index (χ0v) is 12.7. The molecule has 1 aromatic carbocycles. The van der Waals surface area contributed by atoms with E-state index in [2.05, 4.69) is 43.2 Å². The Morgan fingerprint density at radius 1 is 1.22 bits per heavy atom. The number of hydrogen-bond acceptors (Lipinski definition) is 3. The average Bonchev–Trinajstić information content (AvgIpc) is 2.94. The summed E-state index contributed by atoms with van der Waals surface area (Å²) in [6.07, 6.45) is 0.989. The van der Waals surface area contributed by atoms with Crippen LogP contribution < -0.4 is 10.1 Å². The molecule has 0 saturated heterocycles. The smallest absolute Gasteiger partial charge is 0.183 e. The lowest BCUT2D eigenvalue weighted by atomic mass is 10.1. The van der Waals surface area contributed by atoms with Gasteiger partial charge in [0, 0.05) is 12.1 Å². The van der Waals surface area contributed by atoms with Crippen LogP contribution >= 0.6 is 31.9 Å². The largest absolute Gasteiger partial charge is 0.493 e. The number of fused-ring (bicyclic) bond motifs is 1. The van der Waals surface area contributed by atoms with Crippen LogP contribution in [0.5, 0.6) is 5.75 Å². The molecule has 3 rings (SSSR count). The molecule has 1 N–H and O–H groups in total. The van der Waals surface area contributed by atoms with Crippen molar-refractivity contribution < 1.29 is 9.15 Å². The summed E-state index contributed by atoms with van der Waals surface area (Å²) in [7, 11) is 0. The Morgan fingerprint density at radius 3 is 2.89 bits per heavy atom. The fourth-order valence-electron chi connectivity index (χ4n) is 1.96. The van der Waals surface area contributed by atoms with Crippen LogP contribution in [0.2, 0.25) is 0 Å². The highest BCUT2D eigenvalue weighted by Crippen LogP contribution is 2.29. The van der Waals surface area contributed by atoms with Crippen LogP contribution in [-0.2, 0) is 13.0 Å². The Labute approximate surface area is 122 Å². The summed E-state index contributed by atoms with van der Waals surface area (Å²) < 4.78 is 12.6. The van der Waals surface area contributed by atoms with Gasteiger partial charge in [0.15, 0.2) is 4.67 Å². The van der Waals surface area contributed by atoms with Crippen LogP contribution in [0.25, 0.3) is 0 Å². The first-order valence-corrected chi connectivity index (χ1v) is 7.24. The summed E-state index contributed by atoms with van der Waals surface area (Å²) in [4.78, 5) is 0. The van der Waals surface area contributed by atoms with Gasteiger partial charge in [-0.2, -0.15) is 0 Å². The van der Waals surface area contributed by atoms with Crippen LogP contribution in [0, 0.1) is 0 Å². The van der Waals surface area contributed by atoms with E-state index in [0.717, 1.165) is 39.4 Å². The maximum absolute atomic E-state index is 5.51. The molecule has 3 nitrogen and oxygen atoms in total. The van der Waals surface area contributed by atoms with Gasteiger partial charge in [0.1, 0.15) is 11.5 Å². The zero-order valence-electron chi connectivity index (χ0n) is 9.50. The molecule has 0 spiro atoms. The molecule has 0 aliphatic carbocycles. The number of ether oxygens (including phenoxy) is 1. The minimum atomic E-state index is 0.657. The van der Waals surface area contributed by atoms with Crippen molar-refractivity contribution in [3.8, 4) is 5.75 Å². The van der Waals surface area contributed by atoms with Gasteiger partial charge in [-0.15, -0.1) is 0 Å². The van der Waals surface area contributed by atoms with Crippen molar-refractivity contribution in [1.82, 2.24) is 0 Å². The van der Waals surface area contributed by atoms with Gasteiger partial charge < -0.3 is 14.5 Å². The molecule has 0 radical (unpaired) electrons. The van der Waals surface area contributed by atoms with Gasteiger partial charge in [-0.1, -0.05) is 0 Å². The first kappa shape index (κ1) is 12.1. The standard InChI is InChI=1S/C13H11Br2NO2/c14-11-6-10(18-13(11)15)7-16-9-1-2-12-8(5-9)3-4-17-12/h1-2,5-6,16H,3-4,7H2. The van der Waals surface area contributed by atoms with Gasteiger partial charge in [-0.25, -0.2) is 0 Å². The number of halogens is 2.